The number of nitrogens with one attached hydrogen (secondary N) is 1. The minimum atomic E-state index is -0.169. The Balaban J connectivity index is 1.18. The Labute approximate surface area is 229 Å². The van der Waals surface area contributed by atoms with Crippen LogP contribution in [0.3, 0.4) is 0 Å². The molecule has 1 fully saturated rings. The van der Waals surface area contributed by atoms with Crippen LogP contribution in [0, 0.1) is 6.92 Å². The van der Waals surface area contributed by atoms with Gasteiger partial charge in [0, 0.05) is 40.7 Å². The molecule has 4 heterocycles. The molecule has 7 rings (SSSR count). The Hall–Kier alpha value is -3.87. The van der Waals surface area contributed by atoms with E-state index in [1.165, 1.54) is 29.5 Å². The maximum Gasteiger partial charge on any atom is 0.137 e. The van der Waals surface area contributed by atoms with Crippen LogP contribution in [0.25, 0.3) is 44.5 Å². The lowest BCUT2D eigenvalue weighted by Crippen LogP contribution is -2.55. The number of H-pyrrole nitrogens is 1. The molecule has 0 saturated carbocycles. The van der Waals surface area contributed by atoms with E-state index in [1.807, 2.05) is 12.3 Å². The number of aromatic nitrogens is 4. The molecule has 6 nitrogen and oxygen atoms in total. The zero-order valence-electron chi connectivity index (χ0n) is 22.5. The highest BCUT2D eigenvalue weighted by atomic mass is 15.3. The molecule has 39 heavy (non-hydrogen) atoms. The summed E-state index contributed by atoms with van der Waals surface area (Å²) < 4.78 is 0. The predicted molar refractivity (Wildman–Crippen MR) is 157 cm³/mol. The van der Waals surface area contributed by atoms with E-state index in [-0.39, 0.29) is 5.66 Å². The van der Waals surface area contributed by atoms with Crippen molar-refractivity contribution in [1.29, 1.82) is 0 Å². The van der Waals surface area contributed by atoms with E-state index in [9.17, 15) is 0 Å². The fourth-order valence-electron chi connectivity index (χ4n) is 6.48. The number of benzene rings is 2. The van der Waals surface area contributed by atoms with Crippen LogP contribution < -0.4 is 5.73 Å². The molecule has 1 atom stereocenters. The van der Waals surface area contributed by atoms with Gasteiger partial charge in [0.15, 0.2) is 0 Å². The van der Waals surface area contributed by atoms with Gasteiger partial charge in [-0.25, -0.2) is 4.98 Å². The van der Waals surface area contributed by atoms with Crippen molar-refractivity contribution in [1.82, 2.24) is 25.1 Å². The number of hydrogen-bond donors (Lipinski definition) is 2. The minimum Gasteiger partial charge on any atom is -0.346 e. The second-order valence-corrected chi connectivity index (χ2v) is 11.2. The standard InChI is InChI=1S/C33H34N6/c1-22-12-15-37-38-31(22)25-7-5-24(6-8-25)30-21-36-32-29(30)19-28(20-35-32)26-9-4-23-10-13-33(34,14-11-27(23)18-26)39-16-2-3-17-39/h4-9,12,15,18-21H,2-3,10-11,13-14,16-17,34H2,1H3,(H,35,36)/t33-/m0/s1. The maximum absolute atomic E-state index is 6.97. The normalized spacial score (nSPS) is 19.7. The lowest BCUT2D eigenvalue weighted by Gasteiger charge is -2.38. The summed E-state index contributed by atoms with van der Waals surface area (Å²) in [6.07, 6.45) is 12.5. The highest BCUT2D eigenvalue weighted by Gasteiger charge is 2.35. The predicted octanol–water partition coefficient (Wildman–Crippen LogP) is 6.29. The van der Waals surface area contributed by atoms with Gasteiger partial charge in [-0.2, -0.15) is 10.2 Å². The monoisotopic (exact) mass is 514 g/mol. The number of aromatic amines is 1. The molecule has 3 N–H and O–H groups in total. The maximum atomic E-state index is 6.97. The summed E-state index contributed by atoms with van der Waals surface area (Å²) in [6.45, 7) is 4.35. The largest absolute Gasteiger partial charge is 0.346 e. The molecule has 2 aromatic carbocycles. The third-order valence-corrected chi connectivity index (χ3v) is 8.85. The first-order valence-electron chi connectivity index (χ1n) is 14.1. The van der Waals surface area contributed by atoms with E-state index in [1.54, 1.807) is 6.20 Å². The average molecular weight is 515 g/mol. The van der Waals surface area contributed by atoms with Crippen molar-refractivity contribution in [3.63, 3.8) is 0 Å². The number of hydrogen-bond acceptors (Lipinski definition) is 5. The summed E-state index contributed by atoms with van der Waals surface area (Å²) in [6, 6.07) is 19.8. The van der Waals surface area contributed by atoms with Crippen LogP contribution in [0.15, 0.2) is 73.2 Å². The number of likely N-dealkylation sites (tertiary alicyclic amines) is 1. The number of fused-ring (bicyclic) bond motifs is 2. The van der Waals surface area contributed by atoms with Crippen LogP contribution in [0.4, 0.5) is 0 Å². The Kier molecular flexibility index (Phi) is 6.02. The van der Waals surface area contributed by atoms with Crippen LogP contribution in [0.2, 0.25) is 0 Å². The summed E-state index contributed by atoms with van der Waals surface area (Å²) in [5.41, 5.74) is 18.3. The molecule has 0 radical (unpaired) electrons. The summed E-state index contributed by atoms with van der Waals surface area (Å²) in [4.78, 5) is 10.7. The first-order chi connectivity index (χ1) is 19.1. The van der Waals surface area contributed by atoms with Crippen molar-refractivity contribution in [2.24, 2.45) is 5.73 Å². The van der Waals surface area contributed by atoms with Gasteiger partial charge in [0.25, 0.3) is 0 Å². The minimum absolute atomic E-state index is 0.169. The molecule has 0 spiro atoms. The molecule has 0 unspecified atom stereocenters. The molecular weight excluding hydrogens is 480 g/mol. The Morgan fingerprint density at radius 3 is 2.38 bits per heavy atom. The second kappa shape index (κ2) is 9.70. The summed E-state index contributed by atoms with van der Waals surface area (Å²) in [7, 11) is 0. The van der Waals surface area contributed by atoms with Crippen LogP contribution in [-0.2, 0) is 12.8 Å². The van der Waals surface area contributed by atoms with E-state index in [0.29, 0.717) is 0 Å². The molecule has 1 aliphatic heterocycles. The van der Waals surface area contributed by atoms with E-state index in [2.05, 4.69) is 81.7 Å². The summed E-state index contributed by atoms with van der Waals surface area (Å²) in [5.74, 6) is 0. The molecule has 5 aromatic rings. The van der Waals surface area contributed by atoms with E-state index >= 15 is 0 Å². The van der Waals surface area contributed by atoms with Gasteiger partial charge in [-0.05, 0) is 98.5 Å². The summed E-state index contributed by atoms with van der Waals surface area (Å²) >= 11 is 0. The van der Waals surface area contributed by atoms with Crippen molar-refractivity contribution in [3.8, 4) is 33.5 Å². The number of rotatable bonds is 4. The number of aryl methyl sites for hydroxylation is 3. The first kappa shape index (κ1) is 24.2. The van der Waals surface area contributed by atoms with E-state index < -0.39 is 0 Å². The molecule has 2 aliphatic rings. The van der Waals surface area contributed by atoms with Crippen LogP contribution in [0.1, 0.15) is 42.4 Å². The van der Waals surface area contributed by atoms with E-state index in [4.69, 9.17) is 10.7 Å². The van der Waals surface area contributed by atoms with Crippen molar-refractivity contribution >= 4 is 11.0 Å². The second-order valence-electron chi connectivity index (χ2n) is 11.2. The van der Waals surface area contributed by atoms with Gasteiger partial charge < -0.3 is 10.7 Å². The number of nitrogens with zero attached hydrogens (tertiary/aromatic N) is 4. The lowest BCUT2D eigenvalue weighted by molar-refractivity contribution is 0.105. The Bertz CT molecular complexity index is 1650. The third-order valence-electron chi connectivity index (χ3n) is 8.85. The highest BCUT2D eigenvalue weighted by Crippen LogP contribution is 2.35. The SMILES string of the molecule is Cc1ccnnc1-c1ccc(-c2c[nH]c3ncc(-c4ccc5c(c4)CC[C@@](N)(N4CCCC4)CC5)cc23)cc1. The average Bonchev–Trinajstić information content (AvgIpc) is 3.63. The topological polar surface area (TPSA) is 83.7 Å². The van der Waals surface area contributed by atoms with Crippen molar-refractivity contribution < 1.29 is 0 Å². The quantitative estimate of drug-likeness (QED) is 0.275. The zero-order chi connectivity index (χ0) is 26.4. The molecular formula is C33H34N6. The molecule has 1 aliphatic carbocycles. The zero-order valence-corrected chi connectivity index (χ0v) is 22.5. The van der Waals surface area contributed by atoms with Gasteiger partial charge in [-0.15, -0.1) is 0 Å². The molecule has 196 valence electrons. The van der Waals surface area contributed by atoms with Crippen molar-refractivity contribution in [2.45, 2.75) is 51.1 Å². The Morgan fingerprint density at radius 2 is 1.59 bits per heavy atom. The molecule has 0 bridgehead atoms. The fraction of sp³-hybridized carbons (Fsp3) is 0.303. The lowest BCUT2D eigenvalue weighted by atomic mass is 9.96. The number of nitrogens with two attached hydrogens (primary N) is 1. The van der Waals surface area contributed by atoms with Gasteiger partial charge in [-0.1, -0.05) is 42.5 Å². The van der Waals surface area contributed by atoms with Crippen LogP contribution in [0.5, 0.6) is 0 Å². The van der Waals surface area contributed by atoms with Gasteiger partial charge in [0.05, 0.1) is 11.4 Å². The van der Waals surface area contributed by atoms with Crippen molar-refractivity contribution in [2.75, 3.05) is 13.1 Å². The van der Waals surface area contributed by atoms with Gasteiger partial charge >= 0.3 is 0 Å². The van der Waals surface area contributed by atoms with Crippen molar-refractivity contribution in [3.05, 3.63) is 89.9 Å². The molecule has 0 amide bonds. The molecule has 1 saturated heterocycles. The first-order valence-corrected chi connectivity index (χ1v) is 14.1. The molecule has 3 aromatic heterocycles. The molecule has 6 heteroatoms. The van der Waals surface area contributed by atoms with E-state index in [0.717, 1.165) is 83.3 Å². The number of pyridine rings is 1. The summed E-state index contributed by atoms with van der Waals surface area (Å²) in [5, 5.41) is 9.51. The smallest absolute Gasteiger partial charge is 0.137 e. The fourth-order valence-corrected chi connectivity index (χ4v) is 6.48. The van der Waals surface area contributed by atoms with Crippen LogP contribution >= 0.6 is 0 Å². The van der Waals surface area contributed by atoms with Gasteiger partial charge in [-0.3, -0.25) is 4.90 Å². The van der Waals surface area contributed by atoms with Gasteiger partial charge in [0.1, 0.15) is 5.65 Å². The Morgan fingerprint density at radius 1 is 0.846 bits per heavy atom. The van der Waals surface area contributed by atoms with Gasteiger partial charge in [0.2, 0.25) is 0 Å². The third kappa shape index (κ3) is 4.44. The highest BCUT2D eigenvalue weighted by molar-refractivity contribution is 5.96. The van der Waals surface area contributed by atoms with Crippen LogP contribution in [-0.4, -0.2) is 43.8 Å².